The molecule has 0 spiro atoms. The Morgan fingerprint density at radius 2 is 1.64 bits per heavy atom. The molecule has 0 unspecified atom stereocenters. The summed E-state index contributed by atoms with van der Waals surface area (Å²) in [5.41, 5.74) is 2.20. The molecule has 0 aromatic carbocycles. The molecule has 5 rings (SSSR count). The van der Waals surface area contributed by atoms with Gasteiger partial charge in [0.1, 0.15) is 5.78 Å². The minimum absolute atomic E-state index is 0.133. The van der Waals surface area contributed by atoms with Gasteiger partial charge in [0.05, 0.1) is 5.92 Å². The van der Waals surface area contributed by atoms with E-state index in [4.69, 9.17) is 0 Å². The average Bonchev–Trinajstić information content (AvgIpc) is 2.72. The number of carbonyl (C=O) groups is 2. The van der Waals surface area contributed by atoms with E-state index in [1.54, 1.807) is 5.57 Å². The van der Waals surface area contributed by atoms with Crippen molar-refractivity contribution in [2.75, 3.05) is 0 Å². The van der Waals surface area contributed by atoms with E-state index in [9.17, 15) is 14.7 Å². The fourth-order valence-corrected chi connectivity index (χ4v) is 10.8. The monoisotopic (exact) mass is 454 g/mol. The van der Waals surface area contributed by atoms with Gasteiger partial charge in [-0.2, -0.15) is 0 Å². The van der Waals surface area contributed by atoms with Gasteiger partial charge in [0.25, 0.3) is 0 Å². The first-order chi connectivity index (χ1) is 15.2. The predicted molar refractivity (Wildman–Crippen MR) is 132 cm³/mol. The fourth-order valence-electron chi connectivity index (χ4n) is 10.8. The highest BCUT2D eigenvalue weighted by molar-refractivity contribution is 5.85. The molecular weight excluding hydrogens is 408 g/mol. The molecule has 0 aromatic rings. The maximum atomic E-state index is 12.9. The maximum Gasteiger partial charge on any atom is 0.306 e. The predicted octanol–water partition coefficient (Wildman–Crippen LogP) is 7.30. The molecule has 33 heavy (non-hydrogen) atoms. The van der Waals surface area contributed by atoms with E-state index < -0.39 is 5.97 Å². The second-order valence-corrected chi connectivity index (χ2v) is 14.4. The summed E-state index contributed by atoms with van der Waals surface area (Å²) in [7, 11) is 0. The number of fused-ring (bicyclic) bond motifs is 7. The minimum atomic E-state index is -0.598. The van der Waals surface area contributed by atoms with Crippen LogP contribution in [0.2, 0.25) is 0 Å². The van der Waals surface area contributed by atoms with Gasteiger partial charge in [-0.1, -0.05) is 60.1 Å². The molecule has 0 aromatic heterocycles. The molecule has 0 heterocycles. The molecule has 3 nitrogen and oxygen atoms in total. The lowest BCUT2D eigenvalue weighted by atomic mass is 9.33. The summed E-state index contributed by atoms with van der Waals surface area (Å²) in [5.74, 6) is 1.32. The third-order valence-electron chi connectivity index (χ3n) is 13.1. The van der Waals surface area contributed by atoms with Gasteiger partial charge in [-0.15, -0.1) is 0 Å². The molecule has 5 aliphatic carbocycles. The van der Waals surface area contributed by atoms with Crippen molar-refractivity contribution < 1.29 is 14.7 Å². The van der Waals surface area contributed by atoms with Crippen LogP contribution < -0.4 is 0 Å². The first kappa shape index (κ1) is 23.6. The number of allylic oxidation sites excluding steroid dienone is 2. The first-order valence-electron chi connectivity index (χ1n) is 13.7. The number of carboxylic acid groups (broad SMARTS) is 1. The Morgan fingerprint density at radius 3 is 2.30 bits per heavy atom. The van der Waals surface area contributed by atoms with Crippen LogP contribution in [0.5, 0.6) is 0 Å². The smallest absolute Gasteiger partial charge is 0.306 e. The number of rotatable bonds is 1. The summed E-state index contributed by atoms with van der Waals surface area (Å²) >= 11 is 0. The average molecular weight is 455 g/mol. The Labute approximate surface area is 201 Å². The zero-order chi connectivity index (χ0) is 24.2. The Bertz CT molecular complexity index is 916. The molecule has 0 radical (unpaired) electrons. The van der Waals surface area contributed by atoms with Crippen LogP contribution in [0, 0.1) is 56.7 Å². The van der Waals surface area contributed by atoms with Gasteiger partial charge in [0.2, 0.25) is 0 Å². The molecule has 3 heteroatoms. The van der Waals surface area contributed by atoms with E-state index >= 15 is 0 Å². The molecule has 184 valence electrons. The molecule has 4 saturated carbocycles. The lowest BCUT2D eigenvalue weighted by Crippen LogP contribution is -2.64. The Morgan fingerprint density at radius 1 is 0.939 bits per heavy atom. The van der Waals surface area contributed by atoms with Gasteiger partial charge in [-0.3, -0.25) is 9.59 Å². The van der Waals surface area contributed by atoms with E-state index in [0.717, 1.165) is 38.5 Å². The Kier molecular flexibility index (Phi) is 4.99. The largest absolute Gasteiger partial charge is 0.481 e. The summed E-state index contributed by atoms with van der Waals surface area (Å²) in [6.45, 7) is 16.8. The standard InChI is InChI=1S/C30H46O3/c1-18-19(25(32)33)10-13-27(4)16-17-29(6)20(24(18)27)8-9-22-28(5)14-12-23(31)26(2,3)21(28)11-15-30(22,29)7/h8,18-19,21-22,24H,9-17H2,1-7H3,(H,32,33)/t18-,19+,21-,22-,24+,27+,28-,29+,30+/m0/s1. The number of carbonyl (C=O) groups excluding carboxylic acids is 1. The second kappa shape index (κ2) is 6.97. The number of aliphatic carboxylic acids is 1. The molecule has 0 aliphatic heterocycles. The van der Waals surface area contributed by atoms with Crippen LogP contribution in [-0.2, 0) is 9.59 Å². The van der Waals surface area contributed by atoms with E-state index in [-0.39, 0.29) is 38.9 Å². The molecule has 0 bridgehead atoms. The van der Waals surface area contributed by atoms with E-state index in [1.807, 2.05) is 0 Å². The second-order valence-electron chi connectivity index (χ2n) is 14.4. The van der Waals surface area contributed by atoms with Crippen LogP contribution in [0.1, 0.15) is 106 Å². The van der Waals surface area contributed by atoms with Crippen molar-refractivity contribution in [2.24, 2.45) is 56.7 Å². The highest BCUT2D eigenvalue weighted by atomic mass is 16.4. The molecule has 4 fully saturated rings. The van der Waals surface area contributed by atoms with Crippen molar-refractivity contribution in [1.29, 1.82) is 0 Å². The molecule has 0 saturated heterocycles. The van der Waals surface area contributed by atoms with Crippen molar-refractivity contribution >= 4 is 11.8 Å². The summed E-state index contributed by atoms with van der Waals surface area (Å²) in [4.78, 5) is 25.0. The summed E-state index contributed by atoms with van der Waals surface area (Å²) < 4.78 is 0. The first-order valence-corrected chi connectivity index (χ1v) is 13.7. The number of carboxylic acids is 1. The third-order valence-corrected chi connectivity index (χ3v) is 13.1. The number of hydrogen-bond donors (Lipinski definition) is 1. The lowest BCUT2D eigenvalue weighted by molar-refractivity contribution is -0.186. The fraction of sp³-hybridized carbons (Fsp3) is 0.867. The van der Waals surface area contributed by atoms with Crippen LogP contribution in [0.4, 0.5) is 0 Å². The zero-order valence-corrected chi connectivity index (χ0v) is 22.1. The summed E-state index contributed by atoms with van der Waals surface area (Å²) in [5, 5.41) is 9.97. The minimum Gasteiger partial charge on any atom is -0.481 e. The number of hydrogen-bond acceptors (Lipinski definition) is 2. The molecule has 9 atom stereocenters. The van der Waals surface area contributed by atoms with Gasteiger partial charge >= 0.3 is 5.97 Å². The highest BCUT2D eigenvalue weighted by Gasteiger charge is 2.68. The van der Waals surface area contributed by atoms with Gasteiger partial charge in [-0.05, 0) is 96.7 Å². The van der Waals surface area contributed by atoms with Crippen molar-refractivity contribution in [3.63, 3.8) is 0 Å². The maximum absolute atomic E-state index is 12.9. The summed E-state index contributed by atoms with van der Waals surface area (Å²) in [6, 6.07) is 0. The van der Waals surface area contributed by atoms with Crippen molar-refractivity contribution in [2.45, 2.75) is 106 Å². The van der Waals surface area contributed by atoms with Crippen molar-refractivity contribution in [1.82, 2.24) is 0 Å². The zero-order valence-electron chi connectivity index (χ0n) is 22.1. The van der Waals surface area contributed by atoms with Crippen LogP contribution in [0.15, 0.2) is 11.6 Å². The van der Waals surface area contributed by atoms with E-state index in [0.29, 0.717) is 23.5 Å². The van der Waals surface area contributed by atoms with Gasteiger partial charge in [0.15, 0.2) is 0 Å². The van der Waals surface area contributed by atoms with Crippen LogP contribution >= 0.6 is 0 Å². The molecule has 1 N–H and O–H groups in total. The van der Waals surface area contributed by atoms with Gasteiger partial charge < -0.3 is 5.11 Å². The highest BCUT2D eigenvalue weighted by Crippen LogP contribution is 2.75. The quantitative estimate of drug-likeness (QED) is 0.423. The SMILES string of the molecule is C[C@H]1[C@H](C(=O)O)CC[C@]2(C)CC[C@]3(C)C(=CC[C@H]4[C@@]5(C)CCC(=O)C(C)(C)[C@@H]5CC[C@]43C)[C@@H]12. The normalized spacial score (nSPS) is 53.1. The van der Waals surface area contributed by atoms with Gasteiger partial charge in [-0.25, -0.2) is 0 Å². The van der Waals surface area contributed by atoms with Crippen molar-refractivity contribution in [3.8, 4) is 0 Å². The lowest BCUT2D eigenvalue weighted by Gasteiger charge is -2.71. The Hall–Kier alpha value is -1.12. The van der Waals surface area contributed by atoms with Crippen molar-refractivity contribution in [3.05, 3.63) is 11.6 Å². The van der Waals surface area contributed by atoms with Crippen LogP contribution in [0.25, 0.3) is 0 Å². The number of ketones is 1. The molecule has 0 amide bonds. The topological polar surface area (TPSA) is 54.4 Å². The van der Waals surface area contributed by atoms with E-state index in [1.165, 1.54) is 19.3 Å². The Balaban J connectivity index is 1.59. The van der Waals surface area contributed by atoms with E-state index in [2.05, 4.69) is 54.5 Å². The van der Waals surface area contributed by atoms with Crippen LogP contribution in [-0.4, -0.2) is 16.9 Å². The van der Waals surface area contributed by atoms with Gasteiger partial charge in [0, 0.05) is 11.8 Å². The number of Topliss-reactive ketones (excluding diaryl/α,β-unsaturated/α-hetero) is 1. The summed E-state index contributed by atoms with van der Waals surface area (Å²) in [6.07, 6.45) is 12.2. The third kappa shape index (κ3) is 2.80. The van der Waals surface area contributed by atoms with Crippen LogP contribution in [0.3, 0.4) is 0 Å². The molecular formula is C30H46O3. The molecule has 5 aliphatic rings.